The third kappa shape index (κ3) is 2.29. The predicted octanol–water partition coefficient (Wildman–Crippen LogP) is 4.09. The maximum Gasteiger partial charge on any atom is 0.0963 e. The van der Waals surface area contributed by atoms with E-state index < -0.39 is 5.60 Å². The number of aryl methyl sites for hydroxylation is 2. The standard InChI is InChI=1S/C17H21NOS/c1-11-8-9-17(19,15-7-5-4-6-14(11)15)10-16-18-12(2)13(3)20-16/h4-7,11,19H,8-10H2,1-3H3. The van der Waals surface area contributed by atoms with Crippen LogP contribution in [0.3, 0.4) is 0 Å². The van der Waals surface area contributed by atoms with Crippen molar-refractivity contribution in [3.05, 3.63) is 51.0 Å². The zero-order valence-corrected chi connectivity index (χ0v) is 13.1. The van der Waals surface area contributed by atoms with Gasteiger partial charge >= 0.3 is 0 Å². The third-order valence-electron chi connectivity index (χ3n) is 4.50. The molecule has 0 spiro atoms. The second-order valence-electron chi connectivity index (χ2n) is 5.98. The van der Waals surface area contributed by atoms with Crippen LogP contribution >= 0.6 is 11.3 Å². The lowest BCUT2D eigenvalue weighted by Gasteiger charge is -2.37. The van der Waals surface area contributed by atoms with Crippen LogP contribution < -0.4 is 0 Å². The van der Waals surface area contributed by atoms with E-state index in [1.807, 2.05) is 13.0 Å². The Morgan fingerprint density at radius 3 is 2.80 bits per heavy atom. The van der Waals surface area contributed by atoms with Gasteiger partial charge in [-0.25, -0.2) is 4.98 Å². The number of benzene rings is 1. The fourth-order valence-corrected chi connectivity index (χ4v) is 4.18. The average molecular weight is 287 g/mol. The summed E-state index contributed by atoms with van der Waals surface area (Å²) >= 11 is 1.71. The number of nitrogens with zero attached hydrogens (tertiary/aromatic N) is 1. The third-order valence-corrected chi connectivity index (χ3v) is 5.57. The average Bonchev–Trinajstić information content (AvgIpc) is 2.73. The fourth-order valence-electron chi connectivity index (χ4n) is 3.14. The lowest BCUT2D eigenvalue weighted by atomic mass is 9.73. The van der Waals surface area contributed by atoms with Crippen molar-refractivity contribution in [2.45, 2.75) is 51.6 Å². The molecule has 3 heteroatoms. The first-order valence-corrected chi connectivity index (χ1v) is 8.06. The van der Waals surface area contributed by atoms with E-state index in [-0.39, 0.29) is 0 Å². The van der Waals surface area contributed by atoms with Crippen LogP contribution in [0.25, 0.3) is 0 Å². The van der Waals surface area contributed by atoms with Gasteiger partial charge in [0.2, 0.25) is 0 Å². The molecule has 0 bridgehead atoms. The van der Waals surface area contributed by atoms with Gasteiger partial charge in [-0.2, -0.15) is 0 Å². The van der Waals surface area contributed by atoms with E-state index >= 15 is 0 Å². The van der Waals surface area contributed by atoms with Crippen molar-refractivity contribution < 1.29 is 5.11 Å². The molecule has 1 N–H and O–H groups in total. The van der Waals surface area contributed by atoms with Gasteiger partial charge in [0.05, 0.1) is 16.3 Å². The van der Waals surface area contributed by atoms with E-state index in [1.54, 1.807) is 11.3 Å². The van der Waals surface area contributed by atoms with E-state index in [4.69, 9.17) is 0 Å². The summed E-state index contributed by atoms with van der Waals surface area (Å²) in [6.07, 6.45) is 2.50. The molecule has 1 aromatic carbocycles. The molecule has 2 nitrogen and oxygen atoms in total. The zero-order chi connectivity index (χ0) is 14.3. The highest BCUT2D eigenvalue weighted by atomic mass is 32.1. The van der Waals surface area contributed by atoms with E-state index in [0.29, 0.717) is 12.3 Å². The molecular formula is C17H21NOS. The van der Waals surface area contributed by atoms with Crippen molar-refractivity contribution in [3.8, 4) is 0 Å². The minimum absolute atomic E-state index is 0.534. The van der Waals surface area contributed by atoms with E-state index in [9.17, 15) is 5.11 Å². The summed E-state index contributed by atoms with van der Waals surface area (Å²) in [5.41, 5.74) is 2.74. The number of fused-ring (bicyclic) bond motifs is 1. The number of hydrogen-bond acceptors (Lipinski definition) is 3. The Labute approximate surface area is 124 Å². The van der Waals surface area contributed by atoms with Crippen LogP contribution in [0.15, 0.2) is 24.3 Å². The first-order chi connectivity index (χ1) is 9.49. The van der Waals surface area contributed by atoms with Crippen molar-refractivity contribution in [1.82, 2.24) is 4.98 Å². The van der Waals surface area contributed by atoms with Gasteiger partial charge < -0.3 is 5.11 Å². The van der Waals surface area contributed by atoms with Crippen LogP contribution in [0, 0.1) is 13.8 Å². The molecule has 2 unspecified atom stereocenters. The van der Waals surface area contributed by atoms with Crippen LogP contribution in [0.1, 0.15) is 52.4 Å². The number of aromatic nitrogens is 1. The van der Waals surface area contributed by atoms with Crippen molar-refractivity contribution >= 4 is 11.3 Å². The van der Waals surface area contributed by atoms with Gasteiger partial charge in [-0.3, -0.25) is 0 Å². The Balaban J connectivity index is 1.98. The second-order valence-corrected chi connectivity index (χ2v) is 7.27. The van der Waals surface area contributed by atoms with Gasteiger partial charge in [-0.05, 0) is 43.7 Å². The quantitative estimate of drug-likeness (QED) is 0.902. The van der Waals surface area contributed by atoms with Crippen molar-refractivity contribution in [3.63, 3.8) is 0 Å². The highest BCUT2D eigenvalue weighted by Crippen LogP contribution is 2.43. The minimum Gasteiger partial charge on any atom is -0.385 e. The molecule has 2 aromatic rings. The first kappa shape index (κ1) is 13.8. The molecule has 0 saturated carbocycles. The molecule has 0 radical (unpaired) electrons. The maximum atomic E-state index is 11.2. The first-order valence-electron chi connectivity index (χ1n) is 7.24. The molecule has 2 atom stereocenters. The summed E-state index contributed by atoms with van der Waals surface area (Å²) in [5, 5.41) is 12.2. The van der Waals surface area contributed by atoms with Crippen molar-refractivity contribution in [2.75, 3.05) is 0 Å². The second kappa shape index (κ2) is 4.97. The maximum absolute atomic E-state index is 11.2. The molecule has 1 aliphatic carbocycles. The molecule has 0 saturated heterocycles. The Morgan fingerprint density at radius 2 is 2.10 bits per heavy atom. The summed E-state index contributed by atoms with van der Waals surface area (Å²) in [6, 6.07) is 8.33. The molecule has 1 aliphatic rings. The summed E-state index contributed by atoms with van der Waals surface area (Å²) in [4.78, 5) is 5.85. The van der Waals surface area contributed by atoms with Crippen LogP contribution in [-0.4, -0.2) is 10.1 Å². The summed E-state index contributed by atoms with van der Waals surface area (Å²) in [6.45, 7) is 6.38. The highest BCUT2D eigenvalue weighted by molar-refractivity contribution is 7.11. The van der Waals surface area contributed by atoms with Crippen LogP contribution in [-0.2, 0) is 12.0 Å². The van der Waals surface area contributed by atoms with Gasteiger partial charge in [0.25, 0.3) is 0 Å². The fraction of sp³-hybridized carbons (Fsp3) is 0.471. The number of rotatable bonds is 2. The largest absolute Gasteiger partial charge is 0.385 e. The molecule has 3 rings (SSSR count). The molecule has 1 aromatic heterocycles. The van der Waals surface area contributed by atoms with E-state index in [0.717, 1.165) is 29.1 Å². The summed E-state index contributed by atoms with van der Waals surface area (Å²) < 4.78 is 0. The Morgan fingerprint density at radius 1 is 1.35 bits per heavy atom. The minimum atomic E-state index is -0.750. The van der Waals surface area contributed by atoms with Crippen LogP contribution in [0.5, 0.6) is 0 Å². The lowest BCUT2D eigenvalue weighted by molar-refractivity contribution is 0.0158. The van der Waals surface area contributed by atoms with Crippen molar-refractivity contribution in [2.24, 2.45) is 0 Å². The normalized spacial score (nSPS) is 25.5. The molecule has 106 valence electrons. The SMILES string of the molecule is Cc1nc(CC2(O)CCC(C)c3ccccc32)sc1C. The molecule has 20 heavy (non-hydrogen) atoms. The van der Waals surface area contributed by atoms with Gasteiger partial charge in [0.1, 0.15) is 0 Å². The Bertz CT molecular complexity index is 614. The number of hydrogen-bond donors (Lipinski definition) is 1. The number of thiazole rings is 1. The van der Waals surface area contributed by atoms with E-state index in [2.05, 4.69) is 37.0 Å². The van der Waals surface area contributed by atoms with E-state index in [1.165, 1.54) is 10.4 Å². The molecule has 0 aliphatic heterocycles. The van der Waals surface area contributed by atoms with Gasteiger partial charge in [-0.1, -0.05) is 31.2 Å². The highest BCUT2D eigenvalue weighted by Gasteiger charge is 2.37. The molecular weight excluding hydrogens is 266 g/mol. The Hall–Kier alpha value is -1.19. The predicted molar refractivity (Wildman–Crippen MR) is 83.3 cm³/mol. The van der Waals surface area contributed by atoms with Gasteiger partial charge in [0, 0.05) is 11.3 Å². The van der Waals surface area contributed by atoms with Gasteiger partial charge in [0.15, 0.2) is 0 Å². The smallest absolute Gasteiger partial charge is 0.0963 e. The van der Waals surface area contributed by atoms with Crippen LogP contribution in [0.4, 0.5) is 0 Å². The van der Waals surface area contributed by atoms with Crippen LogP contribution in [0.2, 0.25) is 0 Å². The summed E-state index contributed by atoms with van der Waals surface area (Å²) in [7, 11) is 0. The molecule has 0 amide bonds. The molecule has 0 fully saturated rings. The topological polar surface area (TPSA) is 33.1 Å². The monoisotopic (exact) mass is 287 g/mol. The van der Waals surface area contributed by atoms with Crippen molar-refractivity contribution in [1.29, 1.82) is 0 Å². The Kier molecular flexibility index (Phi) is 3.43. The lowest BCUT2D eigenvalue weighted by Crippen LogP contribution is -2.33. The molecule has 1 heterocycles. The zero-order valence-electron chi connectivity index (χ0n) is 12.3. The van der Waals surface area contributed by atoms with Gasteiger partial charge in [-0.15, -0.1) is 11.3 Å². The summed E-state index contributed by atoms with van der Waals surface area (Å²) in [5.74, 6) is 0.534. The number of aliphatic hydroxyl groups is 1.